The van der Waals surface area contributed by atoms with Crippen molar-refractivity contribution in [3.63, 3.8) is 0 Å². The first-order valence-corrected chi connectivity index (χ1v) is 11.2. The maximum absolute atomic E-state index is 12.6. The monoisotopic (exact) mass is 362 g/mol. The molecule has 3 aliphatic carbocycles. The molecular weight excluding hydrogens is 324 g/mol. The molecule has 0 aromatic rings. The van der Waals surface area contributed by atoms with Crippen LogP contribution in [0.3, 0.4) is 0 Å². The third-order valence-corrected chi connectivity index (χ3v) is 7.35. The highest BCUT2D eigenvalue weighted by Gasteiger charge is 2.33. The number of hydrogen-bond donors (Lipinski definition) is 2. The van der Waals surface area contributed by atoms with Crippen LogP contribution in [0.4, 0.5) is 0 Å². The zero-order chi connectivity index (χ0) is 18.5. The Morgan fingerprint density at radius 3 is 1.27 bits per heavy atom. The van der Waals surface area contributed by atoms with Crippen LogP contribution in [-0.2, 0) is 9.59 Å². The van der Waals surface area contributed by atoms with E-state index in [9.17, 15) is 9.59 Å². The fraction of sp³-hybridized carbons (Fsp3) is 0.909. The summed E-state index contributed by atoms with van der Waals surface area (Å²) in [5.41, 5.74) is 0. The Balaban J connectivity index is 1.41. The highest BCUT2D eigenvalue weighted by atomic mass is 16.2. The first kappa shape index (κ1) is 19.7. The van der Waals surface area contributed by atoms with Gasteiger partial charge in [-0.2, -0.15) is 0 Å². The van der Waals surface area contributed by atoms with Gasteiger partial charge in [-0.15, -0.1) is 0 Å². The average Bonchev–Trinajstić information content (AvgIpc) is 2.65. The van der Waals surface area contributed by atoms with E-state index in [0.717, 1.165) is 38.5 Å². The minimum Gasteiger partial charge on any atom is -0.353 e. The fourth-order valence-electron chi connectivity index (χ4n) is 5.28. The van der Waals surface area contributed by atoms with Gasteiger partial charge in [0.2, 0.25) is 11.8 Å². The van der Waals surface area contributed by atoms with Crippen molar-refractivity contribution in [1.82, 2.24) is 10.6 Å². The second kappa shape index (κ2) is 9.23. The van der Waals surface area contributed by atoms with Gasteiger partial charge >= 0.3 is 0 Å². The number of hydrogen-bond acceptors (Lipinski definition) is 2. The zero-order valence-corrected chi connectivity index (χ0v) is 16.8. The third kappa shape index (κ3) is 5.01. The summed E-state index contributed by atoms with van der Waals surface area (Å²) in [4.78, 5) is 25.3. The van der Waals surface area contributed by atoms with Gasteiger partial charge in [0, 0.05) is 23.9 Å². The van der Waals surface area contributed by atoms with Crippen LogP contribution in [0, 0.1) is 23.7 Å². The molecule has 3 saturated carbocycles. The van der Waals surface area contributed by atoms with E-state index in [4.69, 9.17) is 0 Å². The van der Waals surface area contributed by atoms with Gasteiger partial charge in [-0.1, -0.05) is 39.5 Å². The zero-order valence-electron chi connectivity index (χ0n) is 16.8. The minimum absolute atomic E-state index is 0.113. The van der Waals surface area contributed by atoms with Crippen LogP contribution < -0.4 is 10.6 Å². The van der Waals surface area contributed by atoms with Crippen LogP contribution >= 0.6 is 0 Å². The van der Waals surface area contributed by atoms with Gasteiger partial charge in [-0.25, -0.2) is 0 Å². The number of rotatable bonds is 4. The van der Waals surface area contributed by atoms with Gasteiger partial charge in [0.25, 0.3) is 0 Å². The predicted octanol–water partition coefficient (Wildman–Crippen LogP) is 4.18. The van der Waals surface area contributed by atoms with Crippen molar-refractivity contribution in [3.05, 3.63) is 0 Å². The van der Waals surface area contributed by atoms with Gasteiger partial charge in [-0.3, -0.25) is 9.59 Å². The molecule has 4 nitrogen and oxygen atoms in total. The van der Waals surface area contributed by atoms with Crippen molar-refractivity contribution in [3.8, 4) is 0 Å². The lowest BCUT2D eigenvalue weighted by Gasteiger charge is -2.34. The van der Waals surface area contributed by atoms with Crippen LogP contribution in [0.2, 0.25) is 0 Å². The summed E-state index contributed by atoms with van der Waals surface area (Å²) in [5.74, 6) is 1.91. The molecular formula is C22H38N2O2. The van der Waals surface area contributed by atoms with E-state index in [1.807, 2.05) is 0 Å². The molecule has 3 rings (SSSR count). The van der Waals surface area contributed by atoms with E-state index >= 15 is 0 Å². The Labute approximate surface area is 159 Å². The smallest absolute Gasteiger partial charge is 0.223 e. The normalized spacial score (nSPS) is 38.4. The Morgan fingerprint density at radius 1 is 0.577 bits per heavy atom. The van der Waals surface area contributed by atoms with Crippen LogP contribution in [0.5, 0.6) is 0 Å². The van der Waals surface area contributed by atoms with E-state index in [1.54, 1.807) is 0 Å². The first-order valence-electron chi connectivity index (χ1n) is 11.2. The molecule has 0 bridgehead atoms. The number of carbonyl (C=O) groups is 2. The maximum Gasteiger partial charge on any atom is 0.223 e. The summed E-state index contributed by atoms with van der Waals surface area (Å²) < 4.78 is 0. The molecule has 4 heteroatoms. The Hall–Kier alpha value is -1.06. The van der Waals surface area contributed by atoms with E-state index in [0.29, 0.717) is 23.9 Å². The quantitative estimate of drug-likeness (QED) is 0.788. The molecule has 0 heterocycles. The van der Waals surface area contributed by atoms with Crippen LogP contribution in [0.1, 0.15) is 90.9 Å². The maximum atomic E-state index is 12.6. The van der Waals surface area contributed by atoms with Crippen molar-refractivity contribution in [2.45, 2.75) is 103 Å². The second-order valence-electron chi connectivity index (χ2n) is 9.30. The van der Waals surface area contributed by atoms with Crippen molar-refractivity contribution < 1.29 is 9.59 Å². The molecule has 2 amide bonds. The summed E-state index contributed by atoms with van der Waals surface area (Å²) in [5, 5.41) is 6.63. The summed E-state index contributed by atoms with van der Waals surface area (Å²) >= 11 is 0. The highest BCUT2D eigenvalue weighted by Crippen LogP contribution is 2.31. The van der Waals surface area contributed by atoms with Gasteiger partial charge in [0.1, 0.15) is 0 Å². The average molecular weight is 363 g/mol. The van der Waals surface area contributed by atoms with E-state index in [2.05, 4.69) is 24.5 Å². The van der Waals surface area contributed by atoms with Gasteiger partial charge in [0.15, 0.2) is 0 Å². The van der Waals surface area contributed by atoms with Gasteiger partial charge in [-0.05, 0) is 63.2 Å². The van der Waals surface area contributed by atoms with E-state index in [1.165, 1.54) is 38.5 Å². The third-order valence-electron chi connectivity index (χ3n) is 7.35. The van der Waals surface area contributed by atoms with Crippen LogP contribution in [0.25, 0.3) is 0 Å². The van der Waals surface area contributed by atoms with Crippen molar-refractivity contribution in [2.75, 3.05) is 0 Å². The largest absolute Gasteiger partial charge is 0.353 e. The lowest BCUT2D eigenvalue weighted by molar-refractivity contribution is -0.131. The molecule has 0 radical (unpaired) electrons. The van der Waals surface area contributed by atoms with E-state index < -0.39 is 0 Å². The summed E-state index contributed by atoms with van der Waals surface area (Å²) in [6.07, 6.45) is 13.3. The predicted molar refractivity (Wildman–Crippen MR) is 105 cm³/mol. The molecule has 0 aromatic heterocycles. The minimum atomic E-state index is 0.113. The molecule has 0 spiro atoms. The molecule has 0 aliphatic heterocycles. The number of amides is 2. The van der Waals surface area contributed by atoms with Gasteiger partial charge < -0.3 is 10.6 Å². The topological polar surface area (TPSA) is 58.2 Å². The fourth-order valence-corrected chi connectivity index (χ4v) is 5.28. The van der Waals surface area contributed by atoms with Gasteiger partial charge in [0.05, 0.1) is 0 Å². The molecule has 148 valence electrons. The molecule has 4 atom stereocenters. The van der Waals surface area contributed by atoms with E-state index in [-0.39, 0.29) is 23.7 Å². The van der Waals surface area contributed by atoms with Crippen molar-refractivity contribution in [1.29, 1.82) is 0 Å². The van der Waals surface area contributed by atoms with Crippen LogP contribution in [0.15, 0.2) is 0 Å². The molecule has 0 unspecified atom stereocenters. The summed E-state index contributed by atoms with van der Waals surface area (Å²) in [6.45, 7) is 4.52. The highest BCUT2D eigenvalue weighted by molar-refractivity contribution is 5.81. The molecule has 3 fully saturated rings. The lowest BCUT2D eigenvalue weighted by atomic mass is 9.79. The molecule has 26 heavy (non-hydrogen) atoms. The molecule has 0 aromatic carbocycles. The molecule has 2 N–H and O–H groups in total. The Kier molecular flexibility index (Phi) is 6.99. The summed E-state index contributed by atoms with van der Waals surface area (Å²) in [7, 11) is 0. The van der Waals surface area contributed by atoms with Crippen molar-refractivity contribution in [2.24, 2.45) is 23.7 Å². The molecule has 0 saturated heterocycles. The Morgan fingerprint density at radius 2 is 0.923 bits per heavy atom. The molecule has 3 aliphatic rings. The van der Waals surface area contributed by atoms with Crippen LogP contribution in [-0.4, -0.2) is 23.9 Å². The second-order valence-corrected chi connectivity index (χ2v) is 9.30. The SMILES string of the molecule is C[C@@H]1CCCC[C@@H]1NC(=O)C1CCC(C(=O)N[C@H]2CCCC[C@@H]2C)CC1. The Bertz CT molecular complexity index is 441. The summed E-state index contributed by atoms with van der Waals surface area (Å²) in [6, 6.07) is 0.732. The standard InChI is InChI=1S/C22H38N2O2/c1-15-7-3-5-9-19(15)23-21(25)17-11-13-18(14-12-17)22(26)24-20-10-6-4-8-16(20)2/h15-20H,3-14H2,1-2H3,(H,23,25)(H,24,26)/t15-,16+,17?,18?,19-,20-/m0/s1. The number of carbonyl (C=O) groups excluding carboxylic acids is 2. The lowest BCUT2D eigenvalue weighted by Crippen LogP contribution is -2.46. The van der Waals surface area contributed by atoms with Crippen molar-refractivity contribution >= 4 is 11.8 Å². The first-order chi connectivity index (χ1) is 12.5. The number of nitrogens with one attached hydrogen (secondary N) is 2.